The number of aliphatic hydroxyl groups excluding tert-OH is 1. The van der Waals surface area contributed by atoms with Crippen molar-refractivity contribution in [3.63, 3.8) is 0 Å². The molecule has 15 heteroatoms. The molecule has 0 radical (unpaired) electrons. The third-order valence-electron chi connectivity index (χ3n) is 12.7. The zero-order valence-corrected chi connectivity index (χ0v) is 35.6. The average Bonchev–Trinajstić information content (AvgIpc) is 3.81. The third-order valence-corrected chi connectivity index (χ3v) is 12.7. The molecule has 3 aliphatic rings. The van der Waals surface area contributed by atoms with Gasteiger partial charge in [0, 0.05) is 101 Å². The van der Waals surface area contributed by atoms with Gasteiger partial charge in [0.25, 0.3) is 0 Å². The number of anilines is 2. The van der Waals surface area contributed by atoms with Gasteiger partial charge in [0.15, 0.2) is 5.65 Å². The van der Waals surface area contributed by atoms with Crippen LogP contribution < -0.4 is 15.5 Å². The first kappa shape index (κ1) is 41.2. The number of imide groups is 1. The molecule has 3 aromatic carbocycles. The number of fused-ring (bicyclic) bond motifs is 2. The van der Waals surface area contributed by atoms with Crippen LogP contribution in [0.1, 0.15) is 42.1 Å². The number of aromatic nitrogens is 5. The Morgan fingerprint density at radius 2 is 1.61 bits per heavy atom. The van der Waals surface area contributed by atoms with Crippen LogP contribution >= 0.6 is 0 Å². The molecule has 3 saturated heterocycles. The van der Waals surface area contributed by atoms with Crippen LogP contribution in [0.3, 0.4) is 0 Å². The Morgan fingerprint density at radius 1 is 0.855 bits per heavy atom. The molecule has 0 spiro atoms. The number of piperidine rings is 1. The van der Waals surface area contributed by atoms with Crippen LogP contribution in [0.2, 0.25) is 0 Å². The van der Waals surface area contributed by atoms with Crippen LogP contribution in [0.25, 0.3) is 38.9 Å². The molecule has 1 unspecified atom stereocenters. The summed E-state index contributed by atoms with van der Waals surface area (Å²) in [4.78, 5) is 51.8. The molecule has 3 fully saturated rings. The van der Waals surface area contributed by atoms with Gasteiger partial charge in [0.05, 0.1) is 41.7 Å². The second-order valence-electron chi connectivity index (χ2n) is 16.7. The van der Waals surface area contributed by atoms with Gasteiger partial charge in [-0.3, -0.25) is 34.2 Å². The molecule has 0 aliphatic carbocycles. The van der Waals surface area contributed by atoms with Crippen LogP contribution in [-0.2, 0) is 27.9 Å². The summed E-state index contributed by atoms with van der Waals surface area (Å²) < 4.78 is 3.77. The molecule has 62 heavy (non-hydrogen) atoms. The number of amides is 3. The van der Waals surface area contributed by atoms with Gasteiger partial charge >= 0.3 is 0 Å². The lowest BCUT2D eigenvalue weighted by Gasteiger charge is -2.35. The summed E-state index contributed by atoms with van der Waals surface area (Å²) in [6.07, 6.45) is 2.70. The minimum atomic E-state index is -0.459. The lowest BCUT2D eigenvalue weighted by molar-refractivity contribution is -0.134. The fourth-order valence-electron chi connectivity index (χ4n) is 9.28. The van der Waals surface area contributed by atoms with Crippen LogP contribution in [-0.4, -0.2) is 141 Å². The highest BCUT2D eigenvalue weighted by Crippen LogP contribution is 2.34. The van der Waals surface area contributed by atoms with E-state index in [-0.39, 0.29) is 30.9 Å². The second-order valence-corrected chi connectivity index (χ2v) is 16.7. The molecule has 0 bridgehead atoms. The summed E-state index contributed by atoms with van der Waals surface area (Å²) >= 11 is 0. The van der Waals surface area contributed by atoms with Gasteiger partial charge < -0.3 is 20.2 Å². The normalized spacial score (nSPS) is 17.9. The van der Waals surface area contributed by atoms with E-state index < -0.39 is 5.92 Å². The van der Waals surface area contributed by atoms with E-state index in [0.29, 0.717) is 38.2 Å². The van der Waals surface area contributed by atoms with Crippen molar-refractivity contribution in [3.8, 4) is 22.4 Å². The maximum absolute atomic E-state index is 13.3. The van der Waals surface area contributed by atoms with E-state index >= 15 is 0 Å². The van der Waals surface area contributed by atoms with Gasteiger partial charge in [-0.25, -0.2) is 4.98 Å². The van der Waals surface area contributed by atoms with Crippen molar-refractivity contribution in [1.29, 1.82) is 0 Å². The smallest absolute Gasteiger partial charge is 0.241 e. The molecule has 9 rings (SSSR count). The second kappa shape index (κ2) is 18.1. The van der Waals surface area contributed by atoms with Crippen molar-refractivity contribution < 1.29 is 19.5 Å². The molecule has 3 aliphatic heterocycles. The highest BCUT2D eigenvalue weighted by atomic mass is 16.3. The van der Waals surface area contributed by atoms with Crippen molar-refractivity contribution in [1.82, 2.24) is 44.4 Å². The number of carbonyl (C=O) groups excluding carboxylic acids is 3. The predicted molar refractivity (Wildman–Crippen MR) is 240 cm³/mol. The van der Waals surface area contributed by atoms with E-state index in [2.05, 4.69) is 92.0 Å². The predicted octanol–water partition coefficient (Wildman–Crippen LogP) is 4.08. The minimum absolute atomic E-state index is 0.0666. The molecule has 3 amide bonds. The molecular weight excluding hydrogens is 783 g/mol. The van der Waals surface area contributed by atoms with Crippen LogP contribution in [0, 0.1) is 6.92 Å². The van der Waals surface area contributed by atoms with Gasteiger partial charge in [0.2, 0.25) is 17.7 Å². The van der Waals surface area contributed by atoms with Crippen molar-refractivity contribution in [2.75, 3.05) is 88.8 Å². The highest BCUT2D eigenvalue weighted by molar-refractivity contribution is 6.02. The number of nitrogens with zero attached hydrogens (tertiary/aromatic N) is 9. The van der Waals surface area contributed by atoms with Crippen molar-refractivity contribution in [2.45, 2.75) is 38.5 Å². The van der Waals surface area contributed by atoms with E-state index in [0.717, 1.165) is 115 Å². The number of β-amino-alcohol motifs (C(OH)–C–C–N with tert-alkyl or cyclic N) is 1. The largest absolute Gasteiger partial charge is 0.395 e. The number of benzene rings is 3. The van der Waals surface area contributed by atoms with E-state index in [4.69, 9.17) is 10.1 Å². The number of nitrogens with one attached hydrogen (secondary N) is 2. The van der Waals surface area contributed by atoms with Gasteiger partial charge in [-0.15, -0.1) is 0 Å². The van der Waals surface area contributed by atoms with E-state index in [9.17, 15) is 19.5 Å². The Hall–Kier alpha value is -6.16. The number of hydrogen-bond acceptors (Lipinski definition) is 11. The van der Waals surface area contributed by atoms with Crippen LogP contribution in [0.15, 0.2) is 78.9 Å². The quantitative estimate of drug-likeness (QED) is 0.144. The van der Waals surface area contributed by atoms with Gasteiger partial charge in [-0.05, 0) is 62.1 Å². The molecule has 3 N–H and O–H groups in total. The average molecular weight is 838 g/mol. The molecule has 6 aromatic rings. The lowest BCUT2D eigenvalue weighted by Crippen LogP contribution is -2.50. The van der Waals surface area contributed by atoms with E-state index in [1.807, 2.05) is 40.7 Å². The van der Waals surface area contributed by atoms with Crippen molar-refractivity contribution in [3.05, 3.63) is 95.8 Å². The fourth-order valence-corrected chi connectivity index (χ4v) is 9.28. The molecule has 3 aromatic heterocycles. The minimum Gasteiger partial charge on any atom is -0.395 e. The van der Waals surface area contributed by atoms with E-state index in [1.54, 1.807) is 4.68 Å². The summed E-state index contributed by atoms with van der Waals surface area (Å²) in [5.74, 6) is 0.0928. The van der Waals surface area contributed by atoms with Crippen LogP contribution in [0.5, 0.6) is 0 Å². The molecular formula is C47H55N11O4. The number of aliphatic hydroxyl groups is 1. The first-order valence-electron chi connectivity index (χ1n) is 21.9. The van der Waals surface area contributed by atoms with Gasteiger partial charge in [-0.2, -0.15) is 14.7 Å². The first-order valence-corrected chi connectivity index (χ1v) is 21.9. The summed E-state index contributed by atoms with van der Waals surface area (Å²) in [5.41, 5.74) is 9.57. The molecule has 6 heterocycles. The van der Waals surface area contributed by atoms with Crippen LogP contribution in [0.4, 0.5) is 11.5 Å². The standard InChI is InChI=1S/C47H55N11O4/c1-32-44(46-49-39(34-10-4-3-5-11-34)30-42(58(46)51-32)56-22-18-55(19-23-56)26-27-59)35-12-6-8-33(28-35)9-7-17-54-20-24-57(25-21-54)43(61)31-48-36-13-14-37-40(29-36)53(2)52-45(37)38-15-16-41(60)50-47(38)62/h3-6,8,10-14,28-30,38,48,59H,7,9,15-27,31H2,1-2H3,(H,50,60,62). The molecule has 15 nitrogen and oxygen atoms in total. The summed E-state index contributed by atoms with van der Waals surface area (Å²) in [6.45, 7) is 10.6. The van der Waals surface area contributed by atoms with Crippen molar-refractivity contribution >= 4 is 45.8 Å². The summed E-state index contributed by atoms with van der Waals surface area (Å²) in [7, 11) is 1.84. The SMILES string of the molecule is Cc1nn2c(N3CCN(CCO)CC3)cc(-c3ccccc3)nc2c1-c1cccc(CCCN2CCN(C(=O)CNc3ccc4c(C5CCC(=O)NC5=O)nn(C)c4c3)CC2)c1. The van der Waals surface area contributed by atoms with Crippen molar-refractivity contribution in [2.24, 2.45) is 7.05 Å². The molecule has 0 saturated carbocycles. The fraction of sp³-hybridized carbons (Fsp3) is 0.404. The first-order chi connectivity index (χ1) is 30.2. The topological polar surface area (TPSA) is 156 Å². The number of rotatable bonds is 13. The number of carbonyl (C=O) groups is 3. The number of hydrogen-bond donors (Lipinski definition) is 3. The van der Waals surface area contributed by atoms with E-state index in [1.165, 1.54) is 5.56 Å². The zero-order chi connectivity index (χ0) is 42.7. The molecule has 322 valence electrons. The lowest BCUT2D eigenvalue weighted by atomic mass is 9.93. The monoisotopic (exact) mass is 837 g/mol. The Balaban J connectivity index is 0.801. The Bertz CT molecular complexity index is 2590. The maximum atomic E-state index is 13.3. The number of aryl methyl sites for hydroxylation is 3. The molecule has 1 atom stereocenters. The Morgan fingerprint density at radius 3 is 2.39 bits per heavy atom. The Kier molecular flexibility index (Phi) is 12.0. The zero-order valence-electron chi connectivity index (χ0n) is 35.6. The van der Waals surface area contributed by atoms with Gasteiger partial charge in [0.1, 0.15) is 5.82 Å². The summed E-state index contributed by atoms with van der Waals surface area (Å²) in [5, 5.41) is 25.8. The third kappa shape index (κ3) is 8.65. The summed E-state index contributed by atoms with van der Waals surface area (Å²) in [6, 6.07) is 27.1. The maximum Gasteiger partial charge on any atom is 0.241 e. The Labute approximate surface area is 361 Å². The highest BCUT2D eigenvalue weighted by Gasteiger charge is 2.32. The van der Waals surface area contributed by atoms with Gasteiger partial charge in [-0.1, -0.05) is 54.6 Å². The number of piperazine rings is 2.